The monoisotopic (exact) mass is 459 g/mol. The zero-order valence-corrected chi connectivity index (χ0v) is 19.3. The molecule has 1 aromatic heterocycles. The normalized spacial score (nSPS) is 22.7. The first-order valence-electron chi connectivity index (χ1n) is 11.3. The number of sulfonamides is 1. The summed E-state index contributed by atoms with van der Waals surface area (Å²) >= 11 is 1.66. The molecule has 6 nitrogen and oxygen atoms in total. The number of aliphatic imine (C=N–C) groups is 1. The number of thiophene rings is 1. The molecule has 166 valence electrons. The number of carbonyl (C=O) groups is 1. The average Bonchev–Trinajstić information content (AvgIpc) is 3.35. The molecule has 8 heteroatoms. The summed E-state index contributed by atoms with van der Waals surface area (Å²) in [5.74, 6) is 1.28. The van der Waals surface area contributed by atoms with E-state index in [1.807, 2.05) is 12.1 Å². The maximum atomic E-state index is 13.0. The number of hydrogen-bond donors (Lipinski definition) is 1. The molecule has 1 spiro atoms. The Morgan fingerprint density at radius 3 is 2.65 bits per heavy atom. The summed E-state index contributed by atoms with van der Waals surface area (Å²) in [6.07, 6.45) is 7.27. The Balaban J connectivity index is 1.23. The molecule has 0 radical (unpaired) electrons. The van der Waals surface area contributed by atoms with Crippen molar-refractivity contribution >= 4 is 43.2 Å². The zero-order chi connectivity index (χ0) is 21.5. The number of hydrogen-bond acceptors (Lipinski definition) is 5. The van der Waals surface area contributed by atoms with Gasteiger partial charge in [0.05, 0.1) is 5.75 Å². The Labute approximate surface area is 187 Å². The number of nitrogens with one attached hydrogen (secondary N) is 1. The van der Waals surface area contributed by atoms with Crippen LogP contribution >= 0.6 is 11.3 Å². The number of amides is 1. The molecule has 1 saturated heterocycles. The van der Waals surface area contributed by atoms with E-state index in [0.717, 1.165) is 29.6 Å². The van der Waals surface area contributed by atoms with Crippen molar-refractivity contribution in [3.05, 3.63) is 35.2 Å². The van der Waals surface area contributed by atoms with Gasteiger partial charge in [-0.25, -0.2) is 12.7 Å². The summed E-state index contributed by atoms with van der Waals surface area (Å²) in [6, 6.07) is 8.12. The van der Waals surface area contributed by atoms with Crippen LogP contribution in [-0.2, 0) is 21.2 Å². The summed E-state index contributed by atoms with van der Waals surface area (Å²) < 4.78 is 28.8. The van der Waals surface area contributed by atoms with Crippen LogP contribution in [0.25, 0.3) is 10.1 Å². The van der Waals surface area contributed by atoms with Crippen molar-refractivity contribution in [3.8, 4) is 0 Å². The number of aryl methyl sites for hydroxylation is 1. The first kappa shape index (κ1) is 21.1. The molecule has 5 rings (SSSR count). The Hall–Kier alpha value is -1.77. The SMILES string of the molecule is O=C1NC(C2CCCCC2)=NC12CCN(S(=O)(=O)CCc1csc3ccccc13)CC2. The maximum Gasteiger partial charge on any atom is 0.253 e. The van der Waals surface area contributed by atoms with E-state index in [2.05, 4.69) is 22.8 Å². The number of fused-ring (bicyclic) bond motifs is 1. The predicted octanol–water partition coefficient (Wildman–Crippen LogP) is 3.72. The summed E-state index contributed by atoms with van der Waals surface area (Å²) in [4.78, 5) is 17.6. The molecule has 2 aliphatic heterocycles. The largest absolute Gasteiger partial charge is 0.312 e. The first-order chi connectivity index (χ1) is 15.0. The van der Waals surface area contributed by atoms with Gasteiger partial charge in [0.15, 0.2) is 0 Å². The Bertz CT molecular complexity index is 1110. The highest BCUT2D eigenvalue weighted by molar-refractivity contribution is 7.89. The van der Waals surface area contributed by atoms with Crippen LogP contribution in [-0.4, -0.2) is 48.8 Å². The van der Waals surface area contributed by atoms with Gasteiger partial charge in [0.1, 0.15) is 11.4 Å². The molecule has 2 fully saturated rings. The molecule has 0 bridgehead atoms. The lowest BCUT2D eigenvalue weighted by Gasteiger charge is -2.34. The van der Waals surface area contributed by atoms with E-state index in [0.29, 0.717) is 38.3 Å². The smallest absolute Gasteiger partial charge is 0.253 e. The van der Waals surface area contributed by atoms with E-state index in [4.69, 9.17) is 4.99 Å². The second-order valence-electron chi connectivity index (χ2n) is 9.04. The van der Waals surface area contributed by atoms with Crippen LogP contribution in [0.3, 0.4) is 0 Å². The quantitative estimate of drug-likeness (QED) is 0.740. The molecular weight excluding hydrogens is 430 g/mol. The number of carbonyl (C=O) groups excluding carboxylic acids is 1. The molecule has 1 aromatic carbocycles. The van der Waals surface area contributed by atoms with Gasteiger partial charge in [0, 0.05) is 23.7 Å². The molecule has 0 unspecified atom stereocenters. The molecule has 1 amide bonds. The van der Waals surface area contributed by atoms with Gasteiger partial charge in [-0.3, -0.25) is 9.79 Å². The summed E-state index contributed by atoms with van der Waals surface area (Å²) in [5.41, 5.74) is 0.331. The Morgan fingerprint density at radius 1 is 1.13 bits per heavy atom. The number of rotatable bonds is 5. The number of piperidine rings is 1. The predicted molar refractivity (Wildman–Crippen MR) is 125 cm³/mol. The van der Waals surface area contributed by atoms with Gasteiger partial charge >= 0.3 is 0 Å². The molecule has 3 heterocycles. The Morgan fingerprint density at radius 2 is 1.87 bits per heavy atom. The summed E-state index contributed by atoms with van der Waals surface area (Å²) in [7, 11) is -3.37. The van der Waals surface area contributed by atoms with Gasteiger partial charge in [0.2, 0.25) is 10.0 Å². The van der Waals surface area contributed by atoms with E-state index >= 15 is 0 Å². The topological polar surface area (TPSA) is 78.8 Å². The van der Waals surface area contributed by atoms with Gasteiger partial charge in [-0.05, 0) is 54.5 Å². The fourth-order valence-corrected chi connectivity index (χ4v) is 7.65. The van der Waals surface area contributed by atoms with E-state index in [-0.39, 0.29) is 11.7 Å². The van der Waals surface area contributed by atoms with Crippen LogP contribution in [0.5, 0.6) is 0 Å². The van der Waals surface area contributed by atoms with Crippen LogP contribution in [0.1, 0.15) is 50.5 Å². The van der Waals surface area contributed by atoms with Crippen LogP contribution in [0.4, 0.5) is 0 Å². The molecule has 1 saturated carbocycles. The standard InChI is InChI=1S/C23H29N3O3S2/c27-22-23(25-21(24-22)17-6-2-1-3-7-17)11-13-26(14-12-23)31(28,29)15-10-18-16-30-20-9-5-4-8-19(18)20/h4-5,8-9,16-17H,1-3,6-7,10-15H2,(H,24,25,27). The summed E-state index contributed by atoms with van der Waals surface area (Å²) in [6.45, 7) is 0.725. The lowest BCUT2D eigenvalue weighted by molar-refractivity contribution is -0.125. The van der Waals surface area contributed by atoms with E-state index in [1.54, 1.807) is 15.6 Å². The maximum absolute atomic E-state index is 13.0. The fourth-order valence-electron chi connectivity index (χ4n) is 5.18. The second-order valence-corrected chi connectivity index (χ2v) is 12.0. The minimum Gasteiger partial charge on any atom is -0.312 e. The van der Waals surface area contributed by atoms with E-state index in [1.165, 1.54) is 24.0 Å². The molecule has 1 aliphatic carbocycles. The highest BCUT2D eigenvalue weighted by Gasteiger charge is 2.48. The highest BCUT2D eigenvalue weighted by atomic mass is 32.2. The molecule has 1 N–H and O–H groups in total. The minimum absolute atomic E-state index is 0.0325. The third-order valence-corrected chi connectivity index (χ3v) is 10.0. The van der Waals surface area contributed by atoms with Crippen molar-refractivity contribution in [1.29, 1.82) is 0 Å². The molecular formula is C23H29N3O3S2. The number of amidine groups is 1. The van der Waals surface area contributed by atoms with Crippen molar-refractivity contribution in [1.82, 2.24) is 9.62 Å². The highest BCUT2D eigenvalue weighted by Crippen LogP contribution is 2.35. The van der Waals surface area contributed by atoms with Crippen molar-refractivity contribution in [3.63, 3.8) is 0 Å². The van der Waals surface area contributed by atoms with Crippen molar-refractivity contribution < 1.29 is 13.2 Å². The Kier molecular flexibility index (Phi) is 5.65. The van der Waals surface area contributed by atoms with Crippen molar-refractivity contribution in [2.45, 2.75) is 56.9 Å². The van der Waals surface area contributed by atoms with E-state index < -0.39 is 15.6 Å². The minimum atomic E-state index is -3.37. The molecule has 2 aromatic rings. The second kappa shape index (κ2) is 8.30. The van der Waals surface area contributed by atoms with Gasteiger partial charge in [-0.2, -0.15) is 0 Å². The van der Waals surface area contributed by atoms with Gasteiger partial charge < -0.3 is 5.32 Å². The lowest BCUT2D eigenvalue weighted by Crippen LogP contribution is -2.51. The third kappa shape index (κ3) is 4.05. The first-order valence-corrected chi connectivity index (χ1v) is 13.8. The van der Waals surface area contributed by atoms with Gasteiger partial charge in [-0.1, -0.05) is 37.5 Å². The van der Waals surface area contributed by atoms with Crippen LogP contribution < -0.4 is 5.32 Å². The fraction of sp³-hybridized carbons (Fsp3) is 0.565. The van der Waals surface area contributed by atoms with Crippen molar-refractivity contribution in [2.24, 2.45) is 10.9 Å². The van der Waals surface area contributed by atoms with Gasteiger partial charge in [-0.15, -0.1) is 11.3 Å². The molecule has 0 atom stereocenters. The third-order valence-electron chi connectivity index (χ3n) is 7.12. The lowest BCUT2D eigenvalue weighted by atomic mass is 9.88. The molecule has 31 heavy (non-hydrogen) atoms. The number of nitrogens with zero attached hydrogens (tertiary/aromatic N) is 2. The van der Waals surface area contributed by atoms with E-state index in [9.17, 15) is 13.2 Å². The average molecular weight is 460 g/mol. The van der Waals surface area contributed by atoms with Gasteiger partial charge in [0.25, 0.3) is 5.91 Å². The number of benzene rings is 1. The zero-order valence-electron chi connectivity index (χ0n) is 17.7. The summed E-state index contributed by atoms with van der Waals surface area (Å²) in [5, 5.41) is 6.25. The van der Waals surface area contributed by atoms with Crippen LogP contribution in [0.2, 0.25) is 0 Å². The van der Waals surface area contributed by atoms with Crippen LogP contribution in [0.15, 0.2) is 34.6 Å². The van der Waals surface area contributed by atoms with Crippen LogP contribution in [0, 0.1) is 5.92 Å². The van der Waals surface area contributed by atoms with Crippen molar-refractivity contribution in [2.75, 3.05) is 18.8 Å². The molecule has 3 aliphatic rings.